The van der Waals surface area contributed by atoms with E-state index in [2.05, 4.69) is 20.6 Å². The summed E-state index contributed by atoms with van der Waals surface area (Å²) in [6, 6.07) is 4.65. The van der Waals surface area contributed by atoms with Gasteiger partial charge < -0.3 is 10.6 Å². The Labute approximate surface area is 112 Å². The summed E-state index contributed by atoms with van der Waals surface area (Å²) >= 11 is 0. The average molecular weight is 260 g/mol. The molecular formula is C14H17FN4. The molecule has 0 saturated carbocycles. The highest BCUT2D eigenvalue weighted by molar-refractivity contribution is 5.66. The van der Waals surface area contributed by atoms with Crippen LogP contribution < -0.4 is 10.6 Å². The number of nitrogens with one attached hydrogen (secondary N) is 2. The van der Waals surface area contributed by atoms with Crippen molar-refractivity contribution >= 4 is 17.3 Å². The van der Waals surface area contributed by atoms with Gasteiger partial charge in [0.25, 0.3) is 0 Å². The lowest BCUT2D eigenvalue weighted by atomic mass is 10.1. The first-order chi connectivity index (χ1) is 9.15. The van der Waals surface area contributed by atoms with Gasteiger partial charge in [-0.3, -0.25) is 0 Å². The number of nitrogens with zero attached hydrogens (tertiary/aromatic N) is 2. The molecule has 0 saturated heterocycles. The summed E-state index contributed by atoms with van der Waals surface area (Å²) < 4.78 is 13.3. The zero-order valence-corrected chi connectivity index (χ0v) is 11.3. The Morgan fingerprint density at radius 1 is 1.21 bits per heavy atom. The van der Waals surface area contributed by atoms with Crippen LogP contribution in [0.1, 0.15) is 18.1 Å². The van der Waals surface area contributed by atoms with Crippen molar-refractivity contribution in [2.24, 2.45) is 0 Å². The molecule has 0 atom stereocenters. The molecule has 2 N–H and O–H groups in total. The van der Waals surface area contributed by atoms with Crippen molar-refractivity contribution in [2.75, 3.05) is 17.7 Å². The van der Waals surface area contributed by atoms with E-state index in [1.807, 2.05) is 20.9 Å². The molecule has 2 aromatic rings. The molecule has 0 bridgehead atoms. The van der Waals surface area contributed by atoms with Crippen molar-refractivity contribution in [1.82, 2.24) is 9.97 Å². The van der Waals surface area contributed by atoms with Crippen LogP contribution in [-0.4, -0.2) is 17.0 Å². The molecule has 4 nitrogen and oxygen atoms in total. The maximum atomic E-state index is 13.3. The summed E-state index contributed by atoms with van der Waals surface area (Å²) in [5.41, 5.74) is 2.66. The van der Waals surface area contributed by atoms with E-state index in [0.29, 0.717) is 5.82 Å². The number of benzene rings is 1. The van der Waals surface area contributed by atoms with Crippen molar-refractivity contribution in [3.05, 3.63) is 41.5 Å². The maximum Gasteiger partial charge on any atom is 0.139 e. The Morgan fingerprint density at radius 2 is 1.95 bits per heavy atom. The number of aromatic nitrogens is 2. The fraction of sp³-hybridized carbons (Fsp3) is 0.286. The first kappa shape index (κ1) is 13.3. The van der Waals surface area contributed by atoms with Gasteiger partial charge in [-0.15, -0.1) is 0 Å². The fourth-order valence-corrected chi connectivity index (χ4v) is 1.93. The zero-order chi connectivity index (χ0) is 13.8. The summed E-state index contributed by atoms with van der Waals surface area (Å²) in [5.74, 6) is 1.22. The third-order valence-corrected chi connectivity index (χ3v) is 2.99. The maximum absolute atomic E-state index is 13.3. The minimum absolute atomic E-state index is 0.269. The van der Waals surface area contributed by atoms with Gasteiger partial charge in [0.05, 0.1) is 0 Å². The lowest BCUT2D eigenvalue weighted by Gasteiger charge is -2.14. The van der Waals surface area contributed by atoms with Crippen LogP contribution in [0.4, 0.5) is 21.7 Å². The van der Waals surface area contributed by atoms with Crippen molar-refractivity contribution in [1.29, 1.82) is 0 Å². The van der Waals surface area contributed by atoms with Crippen molar-refractivity contribution in [3.63, 3.8) is 0 Å². The molecule has 0 aliphatic rings. The molecule has 1 aromatic carbocycles. The Balaban J connectivity index is 2.40. The van der Waals surface area contributed by atoms with Crippen LogP contribution in [0.5, 0.6) is 0 Å². The molecule has 0 unspecified atom stereocenters. The molecule has 0 fully saturated rings. The van der Waals surface area contributed by atoms with E-state index < -0.39 is 0 Å². The molecule has 0 amide bonds. The molecule has 100 valence electrons. The van der Waals surface area contributed by atoms with E-state index in [-0.39, 0.29) is 5.82 Å². The first-order valence-electron chi connectivity index (χ1n) is 6.20. The van der Waals surface area contributed by atoms with Crippen LogP contribution in [0.15, 0.2) is 24.5 Å². The van der Waals surface area contributed by atoms with Crippen LogP contribution in [0, 0.1) is 12.7 Å². The van der Waals surface area contributed by atoms with E-state index in [0.717, 1.165) is 29.1 Å². The lowest BCUT2D eigenvalue weighted by Crippen LogP contribution is -2.05. The highest BCUT2D eigenvalue weighted by atomic mass is 19.1. The molecule has 0 aliphatic heterocycles. The van der Waals surface area contributed by atoms with E-state index in [1.54, 1.807) is 6.07 Å². The minimum Gasteiger partial charge on any atom is -0.373 e. The average Bonchev–Trinajstić information content (AvgIpc) is 2.42. The van der Waals surface area contributed by atoms with Crippen molar-refractivity contribution in [3.8, 4) is 0 Å². The second-order valence-corrected chi connectivity index (χ2v) is 4.24. The molecular weight excluding hydrogens is 243 g/mol. The third kappa shape index (κ3) is 2.81. The van der Waals surface area contributed by atoms with Crippen LogP contribution in [-0.2, 0) is 6.42 Å². The van der Waals surface area contributed by atoms with Gasteiger partial charge in [0.2, 0.25) is 0 Å². The molecule has 0 radical (unpaired) electrons. The Hall–Kier alpha value is -2.17. The Morgan fingerprint density at radius 3 is 2.63 bits per heavy atom. The van der Waals surface area contributed by atoms with E-state index >= 15 is 0 Å². The van der Waals surface area contributed by atoms with Crippen molar-refractivity contribution in [2.45, 2.75) is 20.3 Å². The number of hydrogen-bond donors (Lipinski definition) is 2. The highest BCUT2D eigenvalue weighted by Crippen LogP contribution is 2.25. The first-order valence-corrected chi connectivity index (χ1v) is 6.20. The van der Waals surface area contributed by atoms with Crippen molar-refractivity contribution < 1.29 is 4.39 Å². The predicted molar refractivity (Wildman–Crippen MR) is 75.4 cm³/mol. The van der Waals surface area contributed by atoms with Gasteiger partial charge in [0.1, 0.15) is 23.8 Å². The number of halogens is 1. The van der Waals surface area contributed by atoms with E-state index in [9.17, 15) is 4.39 Å². The minimum atomic E-state index is -0.269. The van der Waals surface area contributed by atoms with Crippen LogP contribution in [0.2, 0.25) is 0 Å². The predicted octanol–water partition coefficient (Wildman–Crippen LogP) is 3.27. The molecule has 19 heavy (non-hydrogen) atoms. The second kappa shape index (κ2) is 5.65. The molecule has 0 aliphatic carbocycles. The molecule has 5 heteroatoms. The lowest BCUT2D eigenvalue weighted by molar-refractivity contribution is 0.628. The zero-order valence-electron chi connectivity index (χ0n) is 11.3. The fourth-order valence-electron chi connectivity index (χ4n) is 1.93. The second-order valence-electron chi connectivity index (χ2n) is 4.24. The smallest absolute Gasteiger partial charge is 0.139 e. The van der Waals surface area contributed by atoms with Gasteiger partial charge in [-0.2, -0.15) is 0 Å². The highest BCUT2D eigenvalue weighted by Gasteiger charge is 2.10. The van der Waals surface area contributed by atoms with E-state index in [4.69, 9.17) is 0 Å². The van der Waals surface area contributed by atoms with Gasteiger partial charge >= 0.3 is 0 Å². The third-order valence-electron chi connectivity index (χ3n) is 2.99. The summed E-state index contributed by atoms with van der Waals surface area (Å²) in [4.78, 5) is 8.41. The standard InChI is InChI=1S/C14H17FN4/c1-4-11-13(16-3)17-8-18-14(11)19-12-7-10(15)6-5-9(12)2/h5-8H,4H2,1-3H3,(H2,16,17,18,19). The van der Waals surface area contributed by atoms with Gasteiger partial charge in [-0.25, -0.2) is 14.4 Å². The van der Waals surface area contributed by atoms with Crippen LogP contribution >= 0.6 is 0 Å². The summed E-state index contributed by atoms with van der Waals surface area (Å²) in [5, 5.41) is 6.21. The Bertz CT molecular complexity index is 584. The largest absolute Gasteiger partial charge is 0.373 e. The van der Waals surface area contributed by atoms with Crippen LogP contribution in [0.25, 0.3) is 0 Å². The van der Waals surface area contributed by atoms with E-state index in [1.165, 1.54) is 18.5 Å². The molecule has 1 heterocycles. The monoisotopic (exact) mass is 260 g/mol. The number of anilines is 3. The summed E-state index contributed by atoms with van der Waals surface area (Å²) in [6.07, 6.45) is 2.27. The number of aryl methyl sites for hydroxylation is 1. The number of rotatable bonds is 4. The quantitative estimate of drug-likeness (QED) is 0.885. The van der Waals surface area contributed by atoms with Gasteiger partial charge in [0.15, 0.2) is 0 Å². The molecule has 2 rings (SSSR count). The normalized spacial score (nSPS) is 10.3. The number of hydrogen-bond acceptors (Lipinski definition) is 4. The Kier molecular flexibility index (Phi) is 3.94. The summed E-state index contributed by atoms with van der Waals surface area (Å²) in [6.45, 7) is 3.96. The molecule has 0 spiro atoms. The topological polar surface area (TPSA) is 49.8 Å². The van der Waals surface area contributed by atoms with Crippen LogP contribution in [0.3, 0.4) is 0 Å². The molecule has 1 aromatic heterocycles. The van der Waals surface area contributed by atoms with Gasteiger partial charge in [0, 0.05) is 18.3 Å². The van der Waals surface area contributed by atoms with Gasteiger partial charge in [-0.1, -0.05) is 13.0 Å². The summed E-state index contributed by atoms with van der Waals surface area (Å²) in [7, 11) is 1.82. The SMILES string of the molecule is CCc1c(NC)ncnc1Nc1cc(F)ccc1C. The van der Waals surface area contributed by atoms with Gasteiger partial charge in [-0.05, 0) is 31.0 Å².